The van der Waals surface area contributed by atoms with Crippen molar-refractivity contribution in [2.45, 2.75) is 57.2 Å². The van der Waals surface area contributed by atoms with Crippen LogP contribution in [0.1, 0.15) is 20.8 Å². The third-order valence-corrected chi connectivity index (χ3v) is 8.54. The Bertz CT molecular complexity index is 301. The van der Waals surface area contributed by atoms with E-state index in [0.29, 0.717) is 0 Å². The van der Waals surface area contributed by atoms with Crippen molar-refractivity contribution in [1.82, 2.24) is 0 Å². The van der Waals surface area contributed by atoms with E-state index in [4.69, 9.17) is 9.16 Å². The SMILES string of the molecule is CC[Si](CC)(CC)O[C@H]1C=CC(=O)[C@H]2O[C@@H]12. The van der Waals surface area contributed by atoms with Crippen molar-refractivity contribution in [2.24, 2.45) is 0 Å². The van der Waals surface area contributed by atoms with Crippen molar-refractivity contribution in [1.29, 1.82) is 0 Å². The summed E-state index contributed by atoms with van der Waals surface area (Å²) in [6, 6.07) is 3.40. The first-order valence-electron chi connectivity index (χ1n) is 6.21. The minimum absolute atomic E-state index is 0.00836. The predicted molar refractivity (Wildman–Crippen MR) is 64.9 cm³/mol. The first kappa shape index (κ1) is 12.0. The lowest BCUT2D eigenvalue weighted by Crippen LogP contribution is -2.42. The minimum Gasteiger partial charge on any atom is -0.408 e. The molecule has 0 radical (unpaired) electrons. The van der Waals surface area contributed by atoms with E-state index >= 15 is 0 Å². The van der Waals surface area contributed by atoms with Gasteiger partial charge in [-0.3, -0.25) is 4.79 Å². The van der Waals surface area contributed by atoms with Gasteiger partial charge in [-0.05, 0) is 24.2 Å². The number of carbonyl (C=O) groups excluding carboxylic acids is 1. The lowest BCUT2D eigenvalue weighted by Gasteiger charge is -2.32. The molecule has 0 unspecified atom stereocenters. The van der Waals surface area contributed by atoms with Gasteiger partial charge in [0.25, 0.3) is 0 Å². The number of carbonyl (C=O) groups is 1. The van der Waals surface area contributed by atoms with Crippen molar-refractivity contribution in [3.8, 4) is 0 Å². The largest absolute Gasteiger partial charge is 0.408 e. The average molecular weight is 240 g/mol. The van der Waals surface area contributed by atoms with Crippen molar-refractivity contribution in [2.75, 3.05) is 0 Å². The van der Waals surface area contributed by atoms with Crippen LogP contribution < -0.4 is 0 Å². The number of epoxide rings is 1. The molecule has 1 aliphatic heterocycles. The smallest absolute Gasteiger partial charge is 0.193 e. The molecule has 1 fully saturated rings. The van der Waals surface area contributed by atoms with Gasteiger partial charge in [-0.2, -0.15) is 0 Å². The standard InChI is InChI=1S/C12H20O3Si/c1-4-16(5-2,6-3)15-10-8-7-9(13)11-12(10)14-11/h7-8,10-12H,4-6H2,1-3H3/t10-,11+,12-/m0/s1. The quantitative estimate of drug-likeness (QED) is 0.546. The zero-order valence-electron chi connectivity index (χ0n) is 10.2. The Kier molecular flexibility index (Phi) is 3.33. The highest BCUT2D eigenvalue weighted by atomic mass is 28.4. The molecule has 1 heterocycles. The van der Waals surface area contributed by atoms with E-state index in [1.54, 1.807) is 6.08 Å². The highest BCUT2D eigenvalue weighted by molar-refractivity contribution is 6.73. The number of ketones is 1. The number of hydrogen-bond acceptors (Lipinski definition) is 3. The van der Waals surface area contributed by atoms with Gasteiger partial charge in [-0.1, -0.05) is 26.8 Å². The summed E-state index contributed by atoms with van der Waals surface area (Å²) in [4.78, 5) is 11.3. The summed E-state index contributed by atoms with van der Waals surface area (Å²) < 4.78 is 11.7. The maximum Gasteiger partial charge on any atom is 0.193 e. The van der Waals surface area contributed by atoms with Crippen LogP contribution in [0.2, 0.25) is 18.1 Å². The molecule has 0 amide bonds. The number of fused-ring (bicyclic) bond motifs is 1. The van der Waals surface area contributed by atoms with Gasteiger partial charge in [0.2, 0.25) is 0 Å². The molecule has 2 rings (SSSR count). The van der Waals surface area contributed by atoms with Gasteiger partial charge >= 0.3 is 0 Å². The van der Waals surface area contributed by atoms with E-state index in [1.807, 2.05) is 6.08 Å². The molecule has 0 aromatic carbocycles. The lowest BCUT2D eigenvalue weighted by atomic mass is 10.0. The summed E-state index contributed by atoms with van der Waals surface area (Å²) in [7, 11) is -1.58. The van der Waals surface area contributed by atoms with Crippen LogP contribution in [-0.4, -0.2) is 32.4 Å². The molecule has 3 nitrogen and oxygen atoms in total. The Balaban J connectivity index is 2.04. The van der Waals surface area contributed by atoms with E-state index in [0.717, 1.165) is 18.1 Å². The Morgan fingerprint density at radius 1 is 1.31 bits per heavy atom. The molecule has 1 aliphatic carbocycles. The van der Waals surface area contributed by atoms with Gasteiger partial charge in [0.1, 0.15) is 12.2 Å². The second-order valence-corrected chi connectivity index (χ2v) is 9.33. The van der Waals surface area contributed by atoms with E-state index in [1.165, 1.54) is 0 Å². The molecule has 0 N–H and O–H groups in total. The molecule has 16 heavy (non-hydrogen) atoms. The van der Waals surface area contributed by atoms with Gasteiger partial charge in [0.15, 0.2) is 14.1 Å². The van der Waals surface area contributed by atoms with Crippen molar-refractivity contribution >= 4 is 14.1 Å². The highest BCUT2D eigenvalue weighted by Gasteiger charge is 2.52. The van der Waals surface area contributed by atoms with Crippen LogP contribution in [-0.2, 0) is 14.0 Å². The van der Waals surface area contributed by atoms with Gasteiger partial charge in [-0.15, -0.1) is 0 Å². The fourth-order valence-corrected chi connectivity index (χ4v) is 5.18. The summed E-state index contributed by atoms with van der Waals surface area (Å²) >= 11 is 0. The third-order valence-electron chi connectivity index (χ3n) is 3.90. The Hall–Kier alpha value is -0.453. The Morgan fingerprint density at radius 3 is 2.50 bits per heavy atom. The molecule has 0 aromatic rings. The molecular formula is C12H20O3Si. The Labute approximate surface area is 97.9 Å². The molecule has 2 aliphatic rings. The van der Waals surface area contributed by atoms with E-state index in [-0.39, 0.29) is 24.1 Å². The highest BCUT2D eigenvalue weighted by Crippen LogP contribution is 2.36. The zero-order chi connectivity index (χ0) is 11.8. The minimum atomic E-state index is -1.58. The van der Waals surface area contributed by atoms with Crippen LogP contribution in [0, 0.1) is 0 Å². The van der Waals surface area contributed by atoms with E-state index in [2.05, 4.69) is 20.8 Å². The predicted octanol–water partition coefficient (Wildman–Crippen LogP) is 2.28. The van der Waals surface area contributed by atoms with Gasteiger partial charge in [0.05, 0.1) is 6.10 Å². The normalized spacial score (nSPS) is 32.7. The molecule has 0 aromatic heterocycles. The second kappa shape index (κ2) is 4.43. The molecule has 1 saturated heterocycles. The van der Waals surface area contributed by atoms with Crippen LogP contribution in [0.15, 0.2) is 12.2 Å². The number of rotatable bonds is 5. The van der Waals surface area contributed by atoms with Gasteiger partial charge in [0, 0.05) is 0 Å². The summed E-state index contributed by atoms with van der Waals surface area (Å²) in [5, 5.41) is 0. The number of hydrogen-bond donors (Lipinski definition) is 0. The summed E-state index contributed by atoms with van der Waals surface area (Å²) in [6.07, 6.45) is 3.34. The molecule has 90 valence electrons. The van der Waals surface area contributed by atoms with Crippen LogP contribution >= 0.6 is 0 Å². The van der Waals surface area contributed by atoms with Crippen LogP contribution in [0.5, 0.6) is 0 Å². The molecular weight excluding hydrogens is 220 g/mol. The lowest BCUT2D eigenvalue weighted by molar-refractivity contribution is -0.115. The summed E-state index contributed by atoms with van der Waals surface area (Å²) in [5.74, 6) is 0.0987. The molecule has 0 spiro atoms. The van der Waals surface area contributed by atoms with Crippen molar-refractivity contribution in [3.05, 3.63) is 12.2 Å². The fourth-order valence-electron chi connectivity index (χ4n) is 2.39. The van der Waals surface area contributed by atoms with Crippen molar-refractivity contribution < 1.29 is 14.0 Å². The monoisotopic (exact) mass is 240 g/mol. The van der Waals surface area contributed by atoms with E-state index < -0.39 is 8.32 Å². The van der Waals surface area contributed by atoms with Crippen LogP contribution in [0.25, 0.3) is 0 Å². The Morgan fingerprint density at radius 2 is 1.94 bits per heavy atom. The first-order valence-corrected chi connectivity index (χ1v) is 8.74. The maximum atomic E-state index is 11.3. The first-order chi connectivity index (χ1) is 7.65. The topological polar surface area (TPSA) is 38.8 Å². The summed E-state index contributed by atoms with van der Waals surface area (Å²) in [6.45, 7) is 6.63. The van der Waals surface area contributed by atoms with Crippen LogP contribution in [0.3, 0.4) is 0 Å². The van der Waals surface area contributed by atoms with Crippen molar-refractivity contribution in [3.63, 3.8) is 0 Å². The van der Waals surface area contributed by atoms with Gasteiger partial charge < -0.3 is 9.16 Å². The maximum absolute atomic E-state index is 11.3. The molecule has 0 bridgehead atoms. The van der Waals surface area contributed by atoms with Crippen LogP contribution in [0.4, 0.5) is 0 Å². The average Bonchev–Trinajstić information content (AvgIpc) is 3.10. The molecule has 4 heteroatoms. The second-order valence-electron chi connectivity index (χ2n) is 4.61. The molecule has 3 atom stereocenters. The van der Waals surface area contributed by atoms with E-state index in [9.17, 15) is 4.79 Å². The summed E-state index contributed by atoms with van der Waals surface area (Å²) in [5.41, 5.74) is 0. The fraction of sp³-hybridized carbons (Fsp3) is 0.750. The number of ether oxygens (including phenoxy) is 1. The zero-order valence-corrected chi connectivity index (χ0v) is 11.2. The van der Waals surface area contributed by atoms with Gasteiger partial charge in [-0.25, -0.2) is 0 Å². The third kappa shape index (κ3) is 2.01. The molecule has 0 saturated carbocycles.